The molecule has 88 valence electrons. The predicted octanol–water partition coefficient (Wildman–Crippen LogP) is 1.000. The summed E-state index contributed by atoms with van der Waals surface area (Å²) in [4.78, 5) is 15.7. The topological polar surface area (TPSA) is 49.8 Å². The van der Waals surface area contributed by atoms with E-state index >= 15 is 0 Å². The molecule has 0 fully saturated rings. The van der Waals surface area contributed by atoms with E-state index < -0.39 is 0 Å². The smallest absolute Gasteiger partial charge is 0.322 e. The van der Waals surface area contributed by atoms with Gasteiger partial charge in [0, 0.05) is 14.0 Å². The molecule has 16 heavy (non-hydrogen) atoms. The van der Waals surface area contributed by atoms with Crippen molar-refractivity contribution in [2.24, 2.45) is 0 Å². The van der Waals surface area contributed by atoms with Crippen molar-refractivity contribution in [1.29, 1.82) is 0 Å². The number of aliphatic hydroxyl groups is 1. The number of rotatable bonds is 5. The molecule has 1 rings (SSSR count). The van der Waals surface area contributed by atoms with Crippen molar-refractivity contribution in [2.75, 3.05) is 13.7 Å². The zero-order chi connectivity index (χ0) is 12.0. The summed E-state index contributed by atoms with van der Waals surface area (Å²) in [6.45, 7) is 1.28. The maximum Gasteiger partial charge on any atom is 0.322 e. The van der Waals surface area contributed by atoms with Gasteiger partial charge in [0.2, 0.25) is 0 Å². The van der Waals surface area contributed by atoms with Crippen molar-refractivity contribution in [3.05, 3.63) is 35.9 Å². The minimum Gasteiger partial charge on any atom is -0.395 e. The highest BCUT2D eigenvalue weighted by Crippen LogP contribution is 2.07. The fourth-order valence-electron chi connectivity index (χ4n) is 1.47. The van der Waals surface area contributed by atoms with Crippen molar-refractivity contribution in [3.8, 4) is 0 Å². The van der Waals surface area contributed by atoms with Crippen molar-refractivity contribution in [3.63, 3.8) is 0 Å². The van der Waals surface area contributed by atoms with Crippen LogP contribution in [-0.4, -0.2) is 35.8 Å². The molecule has 0 amide bonds. The number of carbonyl (C=O) groups is 1. The zero-order valence-corrected chi connectivity index (χ0v) is 9.59. The first-order valence-corrected chi connectivity index (χ1v) is 5.19. The van der Waals surface area contributed by atoms with Gasteiger partial charge >= 0.3 is 5.97 Å². The van der Waals surface area contributed by atoms with Gasteiger partial charge < -0.3 is 9.94 Å². The van der Waals surface area contributed by atoms with Crippen LogP contribution in [0, 0.1) is 0 Å². The van der Waals surface area contributed by atoms with Gasteiger partial charge in [-0.25, -0.2) is 0 Å². The molecule has 0 unspecified atom stereocenters. The van der Waals surface area contributed by atoms with Gasteiger partial charge in [-0.1, -0.05) is 30.3 Å². The fourth-order valence-corrected chi connectivity index (χ4v) is 1.47. The number of hydrogen-bond donors (Lipinski definition) is 1. The Kier molecular flexibility index (Phi) is 4.95. The normalized spacial score (nSPS) is 12.5. The van der Waals surface area contributed by atoms with Crippen LogP contribution in [0.25, 0.3) is 0 Å². The van der Waals surface area contributed by atoms with Crippen LogP contribution < -0.4 is 0 Å². The van der Waals surface area contributed by atoms with E-state index in [2.05, 4.69) is 0 Å². The summed E-state index contributed by atoms with van der Waals surface area (Å²) in [7, 11) is 1.64. The van der Waals surface area contributed by atoms with Crippen LogP contribution in [0.15, 0.2) is 30.3 Å². The third-order valence-corrected chi connectivity index (χ3v) is 2.31. The van der Waals surface area contributed by atoms with Crippen LogP contribution in [0.4, 0.5) is 0 Å². The second kappa shape index (κ2) is 6.25. The molecule has 1 aromatic rings. The van der Waals surface area contributed by atoms with Crippen LogP contribution >= 0.6 is 0 Å². The highest BCUT2D eigenvalue weighted by Gasteiger charge is 2.16. The average molecular weight is 223 g/mol. The molecule has 1 aromatic carbocycles. The largest absolute Gasteiger partial charge is 0.395 e. The van der Waals surface area contributed by atoms with Gasteiger partial charge in [-0.15, -0.1) is 5.06 Å². The van der Waals surface area contributed by atoms with Crippen molar-refractivity contribution in [2.45, 2.75) is 19.4 Å². The van der Waals surface area contributed by atoms with Crippen LogP contribution in [-0.2, 0) is 16.1 Å². The average Bonchev–Trinajstić information content (AvgIpc) is 2.26. The molecule has 0 aliphatic carbocycles. The van der Waals surface area contributed by atoms with Crippen molar-refractivity contribution < 1.29 is 14.7 Å². The zero-order valence-electron chi connectivity index (χ0n) is 9.59. The third-order valence-electron chi connectivity index (χ3n) is 2.31. The van der Waals surface area contributed by atoms with E-state index in [-0.39, 0.29) is 18.6 Å². The molecular formula is C12H17NO3. The lowest BCUT2D eigenvalue weighted by Crippen LogP contribution is -2.37. The van der Waals surface area contributed by atoms with Gasteiger partial charge in [0.05, 0.1) is 12.6 Å². The lowest BCUT2D eigenvalue weighted by Gasteiger charge is -2.24. The number of carbonyl (C=O) groups excluding carboxylic acids is 1. The maximum absolute atomic E-state index is 10.8. The SMILES string of the molecule is CC(=O)ON(C)[C@@H](CO)Cc1ccccc1. The minimum atomic E-state index is -0.381. The Hall–Kier alpha value is -1.39. The first-order valence-electron chi connectivity index (χ1n) is 5.19. The number of hydroxylamine groups is 2. The van der Waals surface area contributed by atoms with Crippen LogP contribution in [0.3, 0.4) is 0 Å². The summed E-state index contributed by atoms with van der Waals surface area (Å²) in [6, 6.07) is 9.55. The maximum atomic E-state index is 10.8. The summed E-state index contributed by atoms with van der Waals surface area (Å²) in [5.74, 6) is -0.381. The Labute approximate surface area is 95.4 Å². The van der Waals surface area contributed by atoms with Gasteiger partial charge in [0.15, 0.2) is 0 Å². The van der Waals surface area contributed by atoms with Gasteiger partial charge in [-0.2, -0.15) is 0 Å². The molecule has 4 nitrogen and oxygen atoms in total. The highest BCUT2D eigenvalue weighted by atomic mass is 16.7. The number of nitrogens with zero attached hydrogens (tertiary/aromatic N) is 1. The van der Waals surface area contributed by atoms with E-state index in [0.717, 1.165) is 5.56 Å². The lowest BCUT2D eigenvalue weighted by molar-refractivity contribution is -0.194. The number of benzene rings is 1. The fraction of sp³-hybridized carbons (Fsp3) is 0.417. The first-order chi connectivity index (χ1) is 7.63. The van der Waals surface area contributed by atoms with Gasteiger partial charge in [-0.05, 0) is 12.0 Å². The minimum absolute atomic E-state index is 0.0569. The Bertz CT molecular complexity index is 326. The van der Waals surface area contributed by atoms with Gasteiger partial charge in [-0.3, -0.25) is 4.79 Å². The molecule has 0 radical (unpaired) electrons. The number of likely N-dealkylation sites (N-methyl/N-ethyl adjacent to an activating group) is 1. The molecular weight excluding hydrogens is 206 g/mol. The standard InChI is InChI=1S/C12H17NO3/c1-10(15)16-13(2)12(9-14)8-11-6-4-3-5-7-11/h3-7,12,14H,8-9H2,1-2H3/t12-/m1/s1. The summed E-state index contributed by atoms with van der Waals surface area (Å²) < 4.78 is 0. The molecule has 0 saturated carbocycles. The first kappa shape index (κ1) is 12.7. The van der Waals surface area contributed by atoms with Crippen LogP contribution in [0.1, 0.15) is 12.5 Å². The van der Waals surface area contributed by atoms with Gasteiger partial charge in [0.1, 0.15) is 0 Å². The molecule has 0 bridgehead atoms. The van der Waals surface area contributed by atoms with E-state index in [9.17, 15) is 9.90 Å². The second-order valence-electron chi connectivity index (χ2n) is 3.66. The molecule has 0 spiro atoms. The summed E-state index contributed by atoms with van der Waals surface area (Å²) in [6.07, 6.45) is 0.640. The van der Waals surface area contributed by atoms with Crippen molar-refractivity contribution >= 4 is 5.97 Å². The lowest BCUT2D eigenvalue weighted by atomic mass is 10.1. The van der Waals surface area contributed by atoms with E-state index in [1.807, 2.05) is 30.3 Å². The molecule has 0 aliphatic heterocycles. The summed E-state index contributed by atoms with van der Waals surface area (Å²) in [5, 5.41) is 10.6. The summed E-state index contributed by atoms with van der Waals surface area (Å²) in [5.41, 5.74) is 1.10. The third kappa shape index (κ3) is 4.00. The monoisotopic (exact) mass is 223 g/mol. The molecule has 1 atom stereocenters. The van der Waals surface area contributed by atoms with E-state index in [1.54, 1.807) is 7.05 Å². The van der Waals surface area contributed by atoms with Gasteiger partial charge in [0.25, 0.3) is 0 Å². The molecule has 4 heteroatoms. The van der Waals surface area contributed by atoms with Crippen molar-refractivity contribution in [1.82, 2.24) is 5.06 Å². The molecule has 1 N–H and O–H groups in total. The molecule has 0 saturated heterocycles. The highest BCUT2D eigenvalue weighted by molar-refractivity contribution is 5.65. The van der Waals surface area contributed by atoms with Crippen LogP contribution in [0.2, 0.25) is 0 Å². The molecule has 0 aromatic heterocycles. The van der Waals surface area contributed by atoms with E-state index in [1.165, 1.54) is 12.0 Å². The van der Waals surface area contributed by atoms with E-state index in [0.29, 0.717) is 6.42 Å². The molecule has 0 heterocycles. The molecule has 0 aliphatic rings. The predicted molar refractivity (Wildman–Crippen MR) is 60.5 cm³/mol. The Balaban J connectivity index is 2.58. The Morgan fingerprint density at radius 1 is 1.44 bits per heavy atom. The quantitative estimate of drug-likeness (QED) is 0.757. The Morgan fingerprint density at radius 2 is 2.06 bits per heavy atom. The van der Waals surface area contributed by atoms with Crippen LogP contribution in [0.5, 0.6) is 0 Å². The van der Waals surface area contributed by atoms with E-state index in [4.69, 9.17) is 4.84 Å². The summed E-state index contributed by atoms with van der Waals surface area (Å²) >= 11 is 0. The second-order valence-corrected chi connectivity index (χ2v) is 3.66. The number of aliphatic hydroxyl groups excluding tert-OH is 1. The Morgan fingerprint density at radius 3 is 2.56 bits per heavy atom. The number of hydrogen-bond acceptors (Lipinski definition) is 4.